The van der Waals surface area contributed by atoms with Crippen LogP contribution in [0.15, 0.2) is 41.0 Å². The summed E-state index contributed by atoms with van der Waals surface area (Å²) in [5, 5.41) is 10.3. The zero-order valence-electron chi connectivity index (χ0n) is 13.0. The van der Waals surface area contributed by atoms with Crippen molar-refractivity contribution in [3.05, 3.63) is 59.0 Å². The highest BCUT2D eigenvalue weighted by Gasteiger charge is 2.20. The Kier molecular flexibility index (Phi) is 5.35. The van der Waals surface area contributed by atoms with E-state index in [1.807, 2.05) is 38.1 Å². The first-order valence-electron chi connectivity index (χ1n) is 7.36. The molecule has 1 aromatic carbocycles. The molecule has 1 heterocycles. The maximum absolute atomic E-state index is 12.4. The molecule has 1 amide bonds. The first-order valence-corrected chi connectivity index (χ1v) is 7.36. The van der Waals surface area contributed by atoms with Crippen LogP contribution in [-0.4, -0.2) is 29.0 Å². The fourth-order valence-corrected chi connectivity index (χ4v) is 2.24. The van der Waals surface area contributed by atoms with Gasteiger partial charge in [-0.05, 0) is 25.5 Å². The largest absolute Gasteiger partial charge is 0.467 e. The topological polar surface area (TPSA) is 79.7 Å². The highest BCUT2D eigenvalue weighted by atomic mass is 16.3. The molecule has 3 N–H and O–H groups in total. The fourth-order valence-electron chi connectivity index (χ4n) is 2.24. The van der Waals surface area contributed by atoms with Crippen molar-refractivity contribution in [2.75, 3.05) is 13.1 Å². The number of likely N-dealkylation sites (N-methyl/N-ethyl adjacent to an activating group) is 1. The standard InChI is InChI=1S/C17H22N2O3/c1-3-19(17(21)14-8-15(9-18)22-11-14)10-16(20)13-6-4-12(2)5-7-13/h4-8,11,16,20H,3,9-10,18H2,1-2H3. The highest BCUT2D eigenvalue weighted by Crippen LogP contribution is 2.17. The Morgan fingerprint density at radius 3 is 2.59 bits per heavy atom. The van der Waals surface area contributed by atoms with Gasteiger partial charge in [-0.25, -0.2) is 0 Å². The average Bonchev–Trinajstić information content (AvgIpc) is 3.01. The quantitative estimate of drug-likeness (QED) is 0.857. The Balaban J connectivity index is 2.07. The van der Waals surface area contributed by atoms with Gasteiger partial charge >= 0.3 is 0 Å². The Morgan fingerprint density at radius 2 is 2.05 bits per heavy atom. The van der Waals surface area contributed by atoms with E-state index >= 15 is 0 Å². The number of furan rings is 1. The van der Waals surface area contributed by atoms with Gasteiger partial charge in [-0.2, -0.15) is 0 Å². The van der Waals surface area contributed by atoms with E-state index in [1.165, 1.54) is 6.26 Å². The number of aliphatic hydroxyl groups excluding tert-OH is 1. The number of aliphatic hydroxyl groups is 1. The lowest BCUT2D eigenvalue weighted by Gasteiger charge is -2.23. The van der Waals surface area contributed by atoms with Crippen LogP contribution in [-0.2, 0) is 6.54 Å². The van der Waals surface area contributed by atoms with Crippen molar-refractivity contribution in [3.8, 4) is 0 Å². The molecule has 22 heavy (non-hydrogen) atoms. The van der Waals surface area contributed by atoms with Gasteiger partial charge in [0.2, 0.25) is 0 Å². The number of hydrogen-bond donors (Lipinski definition) is 2. The maximum atomic E-state index is 12.4. The van der Waals surface area contributed by atoms with Crippen molar-refractivity contribution >= 4 is 5.91 Å². The first-order chi connectivity index (χ1) is 10.5. The molecule has 0 spiro atoms. The summed E-state index contributed by atoms with van der Waals surface area (Å²) < 4.78 is 5.20. The van der Waals surface area contributed by atoms with Crippen LogP contribution in [0.1, 0.15) is 40.3 Å². The number of amides is 1. The van der Waals surface area contributed by atoms with Gasteiger partial charge in [0, 0.05) is 6.54 Å². The molecule has 0 aliphatic heterocycles. The minimum atomic E-state index is -0.717. The van der Waals surface area contributed by atoms with Gasteiger partial charge in [-0.1, -0.05) is 29.8 Å². The molecule has 2 aromatic rings. The lowest BCUT2D eigenvalue weighted by atomic mass is 10.1. The Hall–Kier alpha value is -2.11. The van der Waals surface area contributed by atoms with E-state index in [9.17, 15) is 9.90 Å². The smallest absolute Gasteiger partial charge is 0.257 e. The number of hydrogen-bond acceptors (Lipinski definition) is 4. The Bertz CT molecular complexity index is 619. The predicted molar refractivity (Wildman–Crippen MR) is 84.3 cm³/mol. The van der Waals surface area contributed by atoms with Gasteiger partial charge in [0.1, 0.15) is 12.0 Å². The molecular formula is C17H22N2O3. The summed E-state index contributed by atoms with van der Waals surface area (Å²) in [6.45, 7) is 4.87. The molecule has 5 nitrogen and oxygen atoms in total. The molecule has 0 saturated heterocycles. The number of carbonyl (C=O) groups excluding carboxylic acids is 1. The molecule has 0 aliphatic carbocycles. The normalized spacial score (nSPS) is 12.2. The summed E-state index contributed by atoms with van der Waals surface area (Å²) in [6.07, 6.45) is 0.691. The van der Waals surface area contributed by atoms with Crippen molar-refractivity contribution in [3.63, 3.8) is 0 Å². The third-order valence-electron chi connectivity index (χ3n) is 3.63. The molecular weight excluding hydrogens is 280 g/mol. The number of nitrogens with two attached hydrogens (primary N) is 1. The van der Waals surface area contributed by atoms with Gasteiger partial charge in [-0.3, -0.25) is 4.79 Å². The van der Waals surface area contributed by atoms with Crippen LogP contribution >= 0.6 is 0 Å². The van der Waals surface area contributed by atoms with Crippen molar-refractivity contribution < 1.29 is 14.3 Å². The van der Waals surface area contributed by atoms with E-state index in [-0.39, 0.29) is 19.0 Å². The van der Waals surface area contributed by atoms with Gasteiger partial charge in [0.25, 0.3) is 5.91 Å². The van der Waals surface area contributed by atoms with Crippen LogP contribution in [0.5, 0.6) is 0 Å². The minimum Gasteiger partial charge on any atom is -0.467 e. The first kappa shape index (κ1) is 16.3. The third kappa shape index (κ3) is 3.75. The van der Waals surface area contributed by atoms with Crippen LogP contribution in [0.2, 0.25) is 0 Å². The van der Waals surface area contributed by atoms with E-state index < -0.39 is 6.10 Å². The third-order valence-corrected chi connectivity index (χ3v) is 3.63. The van der Waals surface area contributed by atoms with Crippen molar-refractivity contribution in [2.24, 2.45) is 5.73 Å². The molecule has 0 fully saturated rings. The molecule has 0 saturated carbocycles. The van der Waals surface area contributed by atoms with E-state index in [4.69, 9.17) is 10.2 Å². The van der Waals surface area contributed by atoms with Crippen LogP contribution in [0, 0.1) is 6.92 Å². The average molecular weight is 302 g/mol. The van der Waals surface area contributed by atoms with E-state index in [0.717, 1.165) is 11.1 Å². The summed E-state index contributed by atoms with van der Waals surface area (Å²) in [4.78, 5) is 14.0. The SMILES string of the molecule is CCN(CC(O)c1ccc(C)cc1)C(=O)c1coc(CN)c1. The second kappa shape index (κ2) is 7.24. The van der Waals surface area contributed by atoms with Gasteiger partial charge in [0.05, 0.1) is 24.8 Å². The molecule has 118 valence electrons. The number of benzene rings is 1. The predicted octanol–water partition coefficient (Wildman–Crippen LogP) is 2.24. The van der Waals surface area contributed by atoms with Crippen LogP contribution in [0.4, 0.5) is 0 Å². The fraction of sp³-hybridized carbons (Fsp3) is 0.353. The summed E-state index contributed by atoms with van der Waals surface area (Å²) in [7, 11) is 0. The van der Waals surface area contributed by atoms with Crippen molar-refractivity contribution in [1.82, 2.24) is 4.90 Å². The summed E-state index contributed by atoms with van der Waals surface area (Å²) in [6, 6.07) is 9.29. The second-order valence-corrected chi connectivity index (χ2v) is 5.28. The Labute approximate surface area is 130 Å². The number of aryl methyl sites for hydroxylation is 1. The molecule has 1 unspecified atom stereocenters. The molecule has 5 heteroatoms. The monoisotopic (exact) mass is 302 g/mol. The van der Waals surface area contributed by atoms with Crippen LogP contribution < -0.4 is 5.73 Å². The number of carbonyl (C=O) groups is 1. The van der Waals surface area contributed by atoms with Gasteiger partial charge in [0.15, 0.2) is 0 Å². The van der Waals surface area contributed by atoms with Crippen LogP contribution in [0.25, 0.3) is 0 Å². The zero-order chi connectivity index (χ0) is 16.1. The summed E-state index contributed by atoms with van der Waals surface area (Å²) in [5.41, 5.74) is 7.87. The minimum absolute atomic E-state index is 0.169. The second-order valence-electron chi connectivity index (χ2n) is 5.28. The van der Waals surface area contributed by atoms with Crippen molar-refractivity contribution in [1.29, 1.82) is 0 Å². The molecule has 2 rings (SSSR count). The maximum Gasteiger partial charge on any atom is 0.257 e. The lowest BCUT2D eigenvalue weighted by Crippen LogP contribution is -2.34. The van der Waals surface area contributed by atoms with E-state index in [2.05, 4.69) is 0 Å². The molecule has 0 bridgehead atoms. The lowest BCUT2D eigenvalue weighted by molar-refractivity contribution is 0.0634. The summed E-state index contributed by atoms with van der Waals surface area (Å²) >= 11 is 0. The highest BCUT2D eigenvalue weighted by molar-refractivity contribution is 5.94. The Morgan fingerprint density at radius 1 is 1.36 bits per heavy atom. The molecule has 1 aromatic heterocycles. The molecule has 0 aliphatic rings. The molecule has 1 atom stereocenters. The van der Waals surface area contributed by atoms with E-state index in [1.54, 1.807) is 11.0 Å². The van der Waals surface area contributed by atoms with Crippen LogP contribution in [0.3, 0.4) is 0 Å². The number of rotatable bonds is 6. The summed E-state index contributed by atoms with van der Waals surface area (Å²) in [5.74, 6) is 0.399. The van der Waals surface area contributed by atoms with E-state index in [0.29, 0.717) is 17.9 Å². The number of nitrogens with zero attached hydrogens (tertiary/aromatic N) is 1. The zero-order valence-corrected chi connectivity index (χ0v) is 13.0. The van der Waals surface area contributed by atoms with Gasteiger partial charge < -0.3 is 20.2 Å². The van der Waals surface area contributed by atoms with Crippen molar-refractivity contribution in [2.45, 2.75) is 26.5 Å². The molecule has 0 radical (unpaired) electrons. The van der Waals surface area contributed by atoms with Gasteiger partial charge in [-0.15, -0.1) is 0 Å².